The number of hydrogen-bond donors (Lipinski definition) is 1. The lowest BCUT2D eigenvalue weighted by Gasteiger charge is -2.31. The van der Waals surface area contributed by atoms with Gasteiger partial charge < -0.3 is 10.1 Å². The second-order valence-electron chi connectivity index (χ2n) is 6.23. The zero-order valence-corrected chi connectivity index (χ0v) is 14.4. The van der Waals surface area contributed by atoms with Crippen LogP contribution in [0.25, 0.3) is 0 Å². The number of nitro groups is 1. The van der Waals surface area contributed by atoms with Gasteiger partial charge in [0.25, 0.3) is 5.70 Å². The van der Waals surface area contributed by atoms with Crippen LogP contribution >= 0.6 is 0 Å². The number of ether oxygens (including phenoxy) is 1. The van der Waals surface area contributed by atoms with Crippen molar-refractivity contribution in [2.45, 2.75) is 44.8 Å². The molecule has 3 atom stereocenters. The van der Waals surface area contributed by atoms with E-state index < -0.39 is 0 Å². The van der Waals surface area contributed by atoms with E-state index in [1.165, 1.54) is 0 Å². The van der Waals surface area contributed by atoms with Gasteiger partial charge in [-0.3, -0.25) is 10.1 Å². The van der Waals surface area contributed by atoms with E-state index in [-0.39, 0.29) is 23.0 Å². The first-order chi connectivity index (χ1) is 11.6. The minimum atomic E-state index is -0.241. The summed E-state index contributed by atoms with van der Waals surface area (Å²) < 4.78 is 5.66. The zero-order valence-electron chi connectivity index (χ0n) is 14.4. The van der Waals surface area contributed by atoms with Gasteiger partial charge in [0.1, 0.15) is 6.10 Å². The van der Waals surface area contributed by atoms with Crippen LogP contribution in [0.2, 0.25) is 0 Å². The molecule has 1 aliphatic rings. The summed E-state index contributed by atoms with van der Waals surface area (Å²) in [5, 5.41) is 14.9. The fourth-order valence-electron chi connectivity index (χ4n) is 3.45. The molecular weight excluding hydrogens is 304 g/mol. The second kappa shape index (κ2) is 8.64. The smallest absolute Gasteiger partial charge is 0.265 e. The van der Waals surface area contributed by atoms with Gasteiger partial charge in [-0.2, -0.15) is 0 Å². The SMILES string of the molecule is C=CC[C@@H]1CCCC([N+](=O)[O-])=C1N[C@H](C)[C@H](OC)c1ccccc1. The molecule has 1 N–H and O–H groups in total. The van der Waals surface area contributed by atoms with Gasteiger partial charge in [-0.05, 0) is 31.7 Å². The number of rotatable bonds is 8. The Morgan fingerprint density at radius 3 is 2.75 bits per heavy atom. The van der Waals surface area contributed by atoms with Gasteiger partial charge in [0, 0.05) is 19.4 Å². The van der Waals surface area contributed by atoms with Crippen LogP contribution in [0.15, 0.2) is 54.4 Å². The van der Waals surface area contributed by atoms with Gasteiger partial charge in [-0.15, -0.1) is 6.58 Å². The summed E-state index contributed by atoms with van der Waals surface area (Å²) in [7, 11) is 1.67. The first kappa shape index (κ1) is 18.2. The van der Waals surface area contributed by atoms with E-state index in [2.05, 4.69) is 11.9 Å². The van der Waals surface area contributed by atoms with Crippen LogP contribution in [0.3, 0.4) is 0 Å². The number of methoxy groups -OCH3 is 1. The average molecular weight is 330 g/mol. The van der Waals surface area contributed by atoms with Crippen LogP contribution in [-0.2, 0) is 4.74 Å². The highest BCUT2D eigenvalue weighted by molar-refractivity contribution is 5.21. The largest absolute Gasteiger partial charge is 0.377 e. The van der Waals surface area contributed by atoms with Crippen molar-refractivity contribution < 1.29 is 9.66 Å². The molecule has 5 nitrogen and oxygen atoms in total. The molecule has 0 heterocycles. The summed E-state index contributed by atoms with van der Waals surface area (Å²) in [5.41, 5.74) is 2.11. The minimum absolute atomic E-state index is 0.0761. The number of allylic oxidation sites excluding steroid dienone is 3. The zero-order chi connectivity index (χ0) is 17.5. The third-order valence-corrected chi connectivity index (χ3v) is 4.58. The molecule has 24 heavy (non-hydrogen) atoms. The van der Waals surface area contributed by atoms with Gasteiger partial charge in [-0.25, -0.2) is 0 Å². The maximum atomic E-state index is 11.5. The molecular formula is C19H26N2O3. The highest BCUT2D eigenvalue weighted by Crippen LogP contribution is 2.33. The van der Waals surface area contributed by atoms with Gasteiger partial charge in [0.2, 0.25) is 0 Å². The molecule has 0 amide bonds. The Morgan fingerprint density at radius 2 is 2.17 bits per heavy atom. The third kappa shape index (κ3) is 4.23. The summed E-state index contributed by atoms with van der Waals surface area (Å²) in [4.78, 5) is 11.2. The Labute approximate surface area is 143 Å². The van der Waals surface area contributed by atoms with Crippen molar-refractivity contribution in [2.75, 3.05) is 7.11 Å². The van der Waals surface area contributed by atoms with Gasteiger partial charge in [0.15, 0.2) is 0 Å². The van der Waals surface area contributed by atoms with Crippen molar-refractivity contribution in [3.63, 3.8) is 0 Å². The van der Waals surface area contributed by atoms with Crippen LogP contribution in [0.1, 0.15) is 44.3 Å². The summed E-state index contributed by atoms with van der Waals surface area (Å²) in [6.07, 6.45) is 4.72. The highest BCUT2D eigenvalue weighted by Gasteiger charge is 2.32. The van der Waals surface area contributed by atoms with Crippen molar-refractivity contribution >= 4 is 0 Å². The summed E-state index contributed by atoms with van der Waals surface area (Å²) in [6.45, 7) is 5.80. The minimum Gasteiger partial charge on any atom is -0.377 e. The van der Waals surface area contributed by atoms with Crippen LogP contribution in [0, 0.1) is 16.0 Å². The predicted octanol–water partition coefficient (Wildman–Crippen LogP) is 4.22. The number of nitrogens with zero attached hydrogens (tertiary/aromatic N) is 1. The topological polar surface area (TPSA) is 64.4 Å². The van der Waals surface area contributed by atoms with Crippen molar-refractivity contribution in [3.05, 3.63) is 70.1 Å². The molecule has 0 unspecified atom stereocenters. The second-order valence-corrected chi connectivity index (χ2v) is 6.23. The Morgan fingerprint density at radius 1 is 1.46 bits per heavy atom. The molecule has 1 aromatic carbocycles. The summed E-state index contributed by atoms with van der Waals surface area (Å²) in [5.74, 6) is 0.132. The van der Waals surface area contributed by atoms with Crippen molar-refractivity contribution in [1.82, 2.24) is 5.32 Å². The van der Waals surface area contributed by atoms with E-state index in [4.69, 9.17) is 4.74 Å². The maximum absolute atomic E-state index is 11.5. The van der Waals surface area contributed by atoms with Crippen LogP contribution < -0.4 is 5.32 Å². The third-order valence-electron chi connectivity index (χ3n) is 4.58. The van der Waals surface area contributed by atoms with Crippen LogP contribution in [-0.4, -0.2) is 18.1 Å². The summed E-state index contributed by atoms with van der Waals surface area (Å²) >= 11 is 0. The first-order valence-corrected chi connectivity index (χ1v) is 8.41. The Hall–Kier alpha value is -2.14. The number of benzene rings is 1. The van der Waals surface area contributed by atoms with E-state index >= 15 is 0 Å². The molecule has 0 saturated carbocycles. The molecule has 130 valence electrons. The molecule has 0 saturated heterocycles. The fourth-order valence-corrected chi connectivity index (χ4v) is 3.45. The number of nitrogens with one attached hydrogen (secondary N) is 1. The molecule has 0 aliphatic heterocycles. The predicted molar refractivity (Wildman–Crippen MR) is 95.0 cm³/mol. The molecule has 2 rings (SSSR count). The van der Waals surface area contributed by atoms with E-state index in [1.807, 2.05) is 43.3 Å². The standard InChI is InChI=1S/C19H26N2O3/c1-4-9-15-12-8-13-17(21(22)23)18(15)20-14(2)19(24-3)16-10-6-5-7-11-16/h4-7,10-11,14-15,19-20H,1,8-9,12-13H2,2-3H3/t14-,15-,19+/m1/s1. The van der Waals surface area contributed by atoms with Gasteiger partial charge in [0.05, 0.1) is 16.7 Å². The monoisotopic (exact) mass is 330 g/mol. The van der Waals surface area contributed by atoms with E-state index in [1.54, 1.807) is 7.11 Å². The van der Waals surface area contributed by atoms with Gasteiger partial charge >= 0.3 is 0 Å². The molecule has 0 bridgehead atoms. The quantitative estimate of drug-likeness (QED) is 0.440. The van der Waals surface area contributed by atoms with E-state index in [9.17, 15) is 10.1 Å². The van der Waals surface area contributed by atoms with Crippen molar-refractivity contribution in [1.29, 1.82) is 0 Å². The lowest BCUT2D eigenvalue weighted by molar-refractivity contribution is -0.431. The molecule has 0 radical (unpaired) electrons. The van der Waals surface area contributed by atoms with Gasteiger partial charge in [-0.1, -0.05) is 36.4 Å². The summed E-state index contributed by atoms with van der Waals surface area (Å²) in [6, 6.07) is 9.85. The highest BCUT2D eigenvalue weighted by atomic mass is 16.6. The normalized spacial score (nSPS) is 20.3. The Balaban J connectivity index is 2.26. The number of hydrogen-bond acceptors (Lipinski definition) is 4. The van der Waals surface area contributed by atoms with Crippen LogP contribution in [0.4, 0.5) is 0 Å². The average Bonchev–Trinajstić information content (AvgIpc) is 2.58. The maximum Gasteiger partial charge on any atom is 0.265 e. The molecule has 5 heteroatoms. The molecule has 1 aromatic rings. The van der Waals surface area contributed by atoms with E-state index in [0.29, 0.717) is 12.1 Å². The molecule has 0 spiro atoms. The van der Waals surface area contributed by atoms with Crippen molar-refractivity contribution in [2.24, 2.45) is 5.92 Å². The Bertz CT molecular complexity index is 598. The van der Waals surface area contributed by atoms with Crippen LogP contribution in [0.5, 0.6) is 0 Å². The first-order valence-electron chi connectivity index (χ1n) is 8.41. The fraction of sp³-hybridized carbons (Fsp3) is 0.474. The lowest BCUT2D eigenvalue weighted by atomic mass is 9.87. The Kier molecular flexibility index (Phi) is 6.55. The van der Waals surface area contributed by atoms with E-state index in [0.717, 1.165) is 30.5 Å². The molecule has 1 aliphatic carbocycles. The lowest BCUT2D eigenvalue weighted by Crippen LogP contribution is -2.37. The van der Waals surface area contributed by atoms with Crippen molar-refractivity contribution in [3.8, 4) is 0 Å². The molecule has 0 fully saturated rings. The molecule has 0 aromatic heterocycles.